The van der Waals surface area contributed by atoms with E-state index in [1.54, 1.807) is 13.0 Å². The molecule has 90 valence electrons. The minimum absolute atomic E-state index is 0.00201. The fraction of sp³-hybridized carbons (Fsp3) is 0.455. The summed E-state index contributed by atoms with van der Waals surface area (Å²) in [6.45, 7) is 1.61. The van der Waals surface area contributed by atoms with Gasteiger partial charge in [0.15, 0.2) is 11.6 Å². The fourth-order valence-corrected chi connectivity index (χ4v) is 1.18. The molecule has 16 heavy (non-hydrogen) atoms. The molecular formula is C11H12F4O. The Morgan fingerprint density at radius 3 is 2.56 bits per heavy atom. The van der Waals surface area contributed by atoms with Gasteiger partial charge in [-0.1, -0.05) is 6.07 Å². The van der Waals surface area contributed by atoms with Gasteiger partial charge in [-0.2, -0.15) is 13.2 Å². The Morgan fingerprint density at radius 1 is 1.25 bits per heavy atom. The van der Waals surface area contributed by atoms with E-state index in [0.29, 0.717) is 0 Å². The van der Waals surface area contributed by atoms with Crippen LogP contribution < -0.4 is 4.74 Å². The van der Waals surface area contributed by atoms with Crippen LogP contribution in [0.5, 0.6) is 5.75 Å². The van der Waals surface area contributed by atoms with Crippen LogP contribution in [-0.4, -0.2) is 12.8 Å². The Bertz CT molecular complexity index is 346. The van der Waals surface area contributed by atoms with E-state index < -0.39 is 18.4 Å². The van der Waals surface area contributed by atoms with E-state index in [1.165, 1.54) is 12.1 Å². The minimum Gasteiger partial charge on any atom is -0.491 e. The standard InChI is InChI=1S/C11H12F4O/c1-8-3-4-9(12)10(7-8)16-6-2-5-11(13,14)15/h3-4,7H,2,5-6H2,1H3. The number of halogens is 4. The summed E-state index contributed by atoms with van der Waals surface area (Å²) in [5.74, 6) is -0.556. The topological polar surface area (TPSA) is 9.23 Å². The SMILES string of the molecule is Cc1ccc(F)c(OCCCC(F)(F)F)c1. The van der Waals surface area contributed by atoms with Gasteiger partial charge >= 0.3 is 6.18 Å². The van der Waals surface area contributed by atoms with Crippen molar-refractivity contribution in [1.82, 2.24) is 0 Å². The predicted molar refractivity (Wildman–Crippen MR) is 51.9 cm³/mol. The molecule has 1 nitrogen and oxygen atoms in total. The maximum absolute atomic E-state index is 13.1. The summed E-state index contributed by atoms with van der Waals surface area (Å²) in [7, 11) is 0. The summed E-state index contributed by atoms with van der Waals surface area (Å²) in [6.07, 6.45) is -5.27. The van der Waals surface area contributed by atoms with E-state index in [2.05, 4.69) is 0 Å². The van der Waals surface area contributed by atoms with Crippen molar-refractivity contribution in [2.75, 3.05) is 6.61 Å². The van der Waals surface area contributed by atoms with Crippen LogP contribution in [0.1, 0.15) is 18.4 Å². The van der Waals surface area contributed by atoms with Gasteiger partial charge in [-0.15, -0.1) is 0 Å². The molecule has 1 rings (SSSR count). The van der Waals surface area contributed by atoms with Crippen molar-refractivity contribution < 1.29 is 22.3 Å². The largest absolute Gasteiger partial charge is 0.491 e. The van der Waals surface area contributed by atoms with Crippen LogP contribution in [0, 0.1) is 12.7 Å². The summed E-state index contributed by atoms with van der Waals surface area (Å²) >= 11 is 0. The molecule has 1 aromatic carbocycles. The van der Waals surface area contributed by atoms with Crippen molar-refractivity contribution in [3.8, 4) is 5.75 Å². The van der Waals surface area contributed by atoms with Crippen molar-refractivity contribution in [1.29, 1.82) is 0 Å². The molecule has 0 spiro atoms. The predicted octanol–water partition coefficient (Wildman–Crippen LogP) is 3.86. The Labute approximate surface area is 91.0 Å². The van der Waals surface area contributed by atoms with Gasteiger partial charge in [0.2, 0.25) is 0 Å². The molecule has 0 N–H and O–H groups in total. The van der Waals surface area contributed by atoms with Gasteiger partial charge in [-0.25, -0.2) is 4.39 Å². The maximum atomic E-state index is 13.1. The molecule has 0 aliphatic carbocycles. The number of alkyl halides is 3. The molecule has 0 unspecified atom stereocenters. The van der Waals surface area contributed by atoms with Crippen molar-refractivity contribution in [2.45, 2.75) is 25.9 Å². The van der Waals surface area contributed by atoms with Gasteiger partial charge < -0.3 is 4.74 Å². The lowest BCUT2D eigenvalue weighted by Crippen LogP contribution is -2.10. The van der Waals surface area contributed by atoms with Gasteiger partial charge in [0, 0.05) is 6.42 Å². The molecule has 0 atom stereocenters. The second-order valence-electron chi connectivity index (χ2n) is 3.50. The quantitative estimate of drug-likeness (QED) is 0.569. The summed E-state index contributed by atoms with van der Waals surface area (Å²) in [4.78, 5) is 0. The second kappa shape index (κ2) is 5.18. The lowest BCUT2D eigenvalue weighted by atomic mass is 10.2. The highest BCUT2D eigenvalue weighted by Crippen LogP contribution is 2.22. The van der Waals surface area contributed by atoms with Crippen LogP contribution in [0.4, 0.5) is 17.6 Å². The first kappa shape index (κ1) is 12.8. The lowest BCUT2D eigenvalue weighted by molar-refractivity contribution is -0.136. The van der Waals surface area contributed by atoms with Gasteiger partial charge in [-0.3, -0.25) is 0 Å². The van der Waals surface area contributed by atoms with E-state index in [4.69, 9.17) is 4.74 Å². The molecule has 0 heterocycles. The molecule has 0 radical (unpaired) electrons. The van der Waals surface area contributed by atoms with E-state index in [-0.39, 0.29) is 18.8 Å². The highest BCUT2D eigenvalue weighted by Gasteiger charge is 2.26. The van der Waals surface area contributed by atoms with Crippen LogP contribution in [0.3, 0.4) is 0 Å². The number of benzene rings is 1. The molecule has 0 aromatic heterocycles. The zero-order valence-corrected chi connectivity index (χ0v) is 8.77. The number of hydrogen-bond acceptors (Lipinski definition) is 1. The molecule has 0 amide bonds. The van der Waals surface area contributed by atoms with Crippen LogP contribution in [0.15, 0.2) is 18.2 Å². The first-order valence-corrected chi connectivity index (χ1v) is 4.84. The van der Waals surface area contributed by atoms with Crippen LogP contribution >= 0.6 is 0 Å². The van der Waals surface area contributed by atoms with E-state index in [9.17, 15) is 17.6 Å². The van der Waals surface area contributed by atoms with E-state index in [1.807, 2.05) is 0 Å². The molecule has 0 saturated heterocycles. The number of ether oxygens (including phenoxy) is 1. The number of hydrogen-bond donors (Lipinski definition) is 0. The van der Waals surface area contributed by atoms with Crippen molar-refractivity contribution in [2.24, 2.45) is 0 Å². The third-order valence-corrected chi connectivity index (χ3v) is 1.95. The third kappa shape index (κ3) is 4.51. The smallest absolute Gasteiger partial charge is 0.389 e. The number of rotatable bonds is 4. The summed E-state index contributed by atoms with van der Waals surface area (Å²) in [6, 6.07) is 4.26. The van der Waals surface area contributed by atoms with Crippen LogP contribution in [0.2, 0.25) is 0 Å². The zero-order chi connectivity index (χ0) is 12.2. The Kier molecular flexibility index (Phi) is 4.15. The van der Waals surface area contributed by atoms with Gasteiger partial charge in [0.1, 0.15) is 0 Å². The normalized spacial score (nSPS) is 11.6. The molecular weight excluding hydrogens is 224 g/mol. The average molecular weight is 236 g/mol. The van der Waals surface area contributed by atoms with Crippen LogP contribution in [-0.2, 0) is 0 Å². The second-order valence-corrected chi connectivity index (χ2v) is 3.50. The molecule has 0 aliphatic heterocycles. The highest BCUT2D eigenvalue weighted by molar-refractivity contribution is 5.29. The maximum Gasteiger partial charge on any atom is 0.389 e. The fourth-order valence-electron chi connectivity index (χ4n) is 1.18. The Morgan fingerprint density at radius 2 is 1.94 bits per heavy atom. The first-order chi connectivity index (χ1) is 7.38. The monoisotopic (exact) mass is 236 g/mol. The zero-order valence-electron chi connectivity index (χ0n) is 8.77. The minimum atomic E-state index is -4.19. The molecule has 0 fully saturated rings. The van der Waals surface area contributed by atoms with Crippen LogP contribution in [0.25, 0.3) is 0 Å². The molecule has 5 heteroatoms. The van der Waals surface area contributed by atoms with Gasteiger partial charge in [0.05, 0.1) is 6.61 Å². The highest BCUT2D eigenvalue weighted by atomic mass is 19.4. The first-order valence-electron chi connectivity index (χ1n) is 4.84. The molecule has 0 bridgehead atoms. The Balaban J connectivity index is 2.40. The van der Waals surface area contributed by atoms with Crippen molar-refractivity contribution in [3.63, 3.8) is 0 Å². The molecule has 0 aliphatic rings. The van der Waals surface area contributed by atoms with Gasteiger partial charge in [0.25, 0.3) is 0 Å². The van der Waals surface area contributed by atoms with E-state index >= 15 is 0 Å². The summed E-state index contributed by atoms with van der Waals surface area (Å²) < 4.78 is 53.4. The van der Waals surface area contributed by atoms with Gasteiger partial charge in [-0.05, 0) is 31.0 Å². The third-order valence-electron chi connectivity index (χ3n) is 1.95. The lowest BCUT2D eigenvalue weighted by Gasteiger charge is -2.09. The Hall–Kier alpha value is -1.26. The summed E-state index contributed by atoms with van der Waals surface area (Å²) in [5.41, 5.74) is 0.798. The van der Waals surface area contributed by atoms with E-state index in [0.717, 1.165) is 5.56 Å². The number of aryl methyl sites for hydroxylation is 1. The summed E-state index contributed by atoms with van der Waals surface area (Å²) in [5, 5.41) is 0. The molecule has 0 saturated carbocycles. The average Bonchev–Trinajstić information content (AvgIpc) is 2.16. The van der Waals surface area contributed by atoms with Crippen molar-refractivity contribution in [3.05, 3.63) is 29.6 Å². The molecule has 1 aromatic rings. The van der Waals surface area contributed by atoms with Crippen molar-refractivity contribution >= 4 is 0 Å².